The van der Waals surface area contributed by atoms with E-state index in [4.69, 9.17) is 5.73 Å². The van der Waals surface area contributed by atoms with Crippen molar-refractivity contribution in [1.82, 2.24) is 0 Å². The van der Waals surface area contributed by atoms with Gasteiger partial charge in [0.2, 0.25) is 5.91 Å². The van der Waals surface area contributed by atoms with Crippen LogP contribution in [0.3, 0.4) is 0 Å². The predicted molar refractivity (Wildman–Crippen MR) is 50.8 cm³/mol. The highest BCUT2D eigenvalue weighted by atomic mass is 19.4. The first-order chi connectivity index (χ1) is 7.37. The van der Waals surface area contributed by atoms with Crippen LogP contribution in [0.1, 0.15) is 0 Å². The summed E-state index contributed by atoms with van der Waals surface area (Å²) in [5, 5.41) is 2.62. The average molecular weight is 234 g/mol. The molecule has 4 nitrogen and oxygen atoms in total. The number of primary amides is 1. The maximum Gasteiger partial charge on any atom is 0.573 e. The first kappa shape index (κ1) is 12.2. The van der Waals surface area contributed by atoms with Crippen LogP contribution in [0.5, 0.6) is 5.75 Å². The summed E-state index contributed by atoms with van der Waals surface area (Å²) in [5.41, 5.74) is 5.36. The second-order valence-corrected chi connectivity index (χ2v) is 2.89. The molecule has 0 spiro atoms. The Morgan fingerprint density at radius 1 is 1.31 bits per heavy atom. The van der Waals surface area contributed by atoms with E-state index in [0.717, 1.165) is 12.1 Å². The smallest absolute Gasteiger partial charge is 0.406 e. The standard InChI is InChI=1S/C9H9F3N2O2/c10-9(11,12)16-7-3-1-6(2-4-7)14-5-8(13)15/h1-4,14H,5H2,(H2,13,15). The third kappa shape index (κ3) is 4.54. The van der Waals surface area contributed by atoms with Crippen molar-refractivity contribution in [3.63, 3.8) is 0 Å². The first-order valence-corrected chi connectivity index (χ1v) is 4.25. The fourth-order valence-electron chi connectivity index (χ4n) is 0.964. The molecule has 0 atom stereocenters. The Morgan fingerprint density at radius 3 is 2.31 bits per heavy atom. The van der Waals surface area contributed by atoms with Gasteiger partial charge in [0.05, 0.1) is 6.54 Å². The number of amides is 1. The van der Waals surface area contributed by atoms with Gasteiger partial charge >= 0.3 is 6.36 Å². The Kier molecular flexibility index (Phi) is 3.60. The second kappa shape index (κ2) is 4.73. The van der Waals surface area contributed by atoms with Crippen molar-refractivity contribution >= 4 is 11.6 Å². The lowest BCUT2D eigenvalue weighted by Crippen LogP contribution is -2.21. The highest BCUT2D eigenvalue weighted by Crippen LogP contribution is 2.23. The number of carbonyl (C=O) groups is 1. The molecular weight excluding hydrogens is 225 g/mol. The van der Waals surface area contributed by atoms with Crippen LogP contribution in [-0.4, -0.2) is 18.8 Å². The van der Waals surface area contributed by atoms with Crippen LogP contribution < -0.4 is 15.8 Å². The molecule has 0 aliphatic carbocycles. The number of benzene rings is 1. The van der Waals surface area contributed by atoms with E-state index in [9.17, 15) is 18.0 Å². The van der Waals surface area contributed by atoms with Crippen molar-refractivity contribution in [2.75, 3.05) is 11.9 Å². The topological polar surface area (TPSA) is 64.4 Å². The van der Waals surface area contributed by atoms with Crippen molar-refractivity contribution in [3.8, 4) is 5.75 Å². The molecule has 3 N–H and O–H groups in total. The SMILES string of the molecule is NC(=O)CNc1ccc(OC(F)(F)F)cc1. The molecule has 88 valence electrons. The van der Waals surface area contributed by atoms with Crippen molar-refractivity contribution in [1.29, 1.82) is 0 Å². The molecular formula is C9H9F3N2O2. The van der Waals surface area contributed by atoms with Crippen molar-refractivity contribution < 1.29 is 22.7 Å². The van der Waals surface area contributed by atoms with Crippen LogP contribution >= 0.6 is 0 Å². The number of hydrogen-bond donors (Lipinski definition) is 2. The summed E-state index contributed by atoms with van der Waals surface area (Å²) >= 11 is 0. The molecule has 1 aromatic carbocycles. The Labute approximate surface area is 89.2 Å². The molecule has 0 bridgehead atoms. The Bertz CT molecular complexity index is 362. The summed E-state index contributed by atoms with van der Waals surface area (Å²) in [6.07, 6.45) is -4.71. The number of carbonyl (C=O) groups excluding carboxylic acids is 1. The van der Waals surface area contributed by atoms with Crippen molar-refractivity contribution in [3.05, 3.63) is 24.3 Å². The zero-order valence-corrected chi connectivity index (χ0v) is 8.04. The van der Waals surface area contributed by atoms with E-state index in [1.165, 1.54) is 12.1 Å². The van der Waals surface area contributed by atoms with E-state index < -0.39 is 12.3 Å². The number of hydrogen-bond acceptors (Lipinski definition) is 3. The number of nitrogens with one attached hydrogen (secondary N) is 1. The van der Waals surface area contributed by atoms with Gasteiger partial charge in [-0.05, 0) is 24.3 Å². The highest BCUT2D eigenvalue weighted by Gasteiger charge is 2.30. The summed E-state index contributed by atoms with van der Waals surface area (Å²) in [6.45, 7) is -0.0839. The van der Waals surface area contributed by atoms with Gasteiger partial charge in [0.15, 0.2) is 0 Å². The predicted octanol–water partition coefficient (Wildman–Crippen LogP) is 1.48. The monoisotopic (exact) mass is 234 g/mol. The van der Waals surface area contributed by atoms with Crippen LogP contribution in [-0.2, 0) is 4.79 Å². The third-order valence-corrected chi connectivity index (χ3v) is 1.55. The van der Waals surface area contributed by atoms with Gasteiger partial charge in [-0.1, -0.05) is 0 Å². The lowest BCUT2D eigenvalue weighted by molar-refractivity contribution is -0.274. The number of anilines is 1. The Hall–Kier alpha value is -1.92. The summed E-state index contributed by atoms with van der Waals surface area (Å²) in [4.78, 5) is 10.4. The highest BCUT2D eigenvalue weighted by molar-refractivity contribution is 5.78. The average Bonchev–Trinajstić information content (AvgIpc) is 2.14. The molecule has 16 heavy (non-hydrogen) atoms. The molecule has 0 saturated heterocycles. The fourth-order valence-corrected chi connectivity index (χ4v) is 0.964. The van der Waals surface area contributed by atoms with E-state index in [1.54, 1.807) is 0 Å². The molecule has 0 radical (unpaired) electrons. The van der Waals surface area contributed by atoms with Crippen LogP contribution in [0.25, 0.3) is 0 Å². The maximum atomic E-state index is 11.8. The Balaban J connectivity index is 2.57. The summed E-state index contributed by atoms with van der Waals surface area (Å²) in [5.74, 6) is -0.882. The van der Waals surface area contributed by atoms with Crippen LogP contribution in [0, 0.1) is 0 Å². The minimum Gasteiger partial charge on any atom is -0.406 e. The number of ether oxygens (including phenoxy) is 1. The number of halogens is 3. The molecule has 0 aromatic heterocycles. The van der Waals surface area contributed by atoms with E-state index in [-0.39, 0.29) is 12.3 Å². The fraction of sp³-hybridized carbons (Fsp3) is 0.222. The molecule has 1 aromatic rings. The van der Waals surface area contributed by atoms with E-state index in [2.05, 4.69) is 10.1 Å². The minimum atomic E-state index is -4.71. The quantitative estimate of drug-likeness (QED) is 0.829. The van der Waals surface area contributed by atoms with E-state index in [0.29, 0.717) is 5.69 Å². The first-order valence-electron chi connectivity index (χ1n) is 4.25. The van der Waals surface area contributed by atoms with Gasteiger partial charge in [-0.3, -0.25) is 4.79 Å². The zero-order chi connectivity index (χ0) is 12.2. The second-order valence-electron chi connectivity index (χ2n) is 2.89. The normalized spacial score (nSPS) is 10.9. The van der Waals surface area contributed by atoms with Crippen LogP contribution in [0.15, 0.2) is 24.3 Å². The zero-order valence-electron chi connectivity index (χ0n) is 8.04. The van der Waals surface area contributed by atoms with E-state index in [1.807, 2.05) is 0 Å². The molecule has 0 aliphatic heterocycles. The molecule has 0 unspecified atom stereocenters. The molecule has 0 heterocycles. The molecule has 1 rings (SSSR count). The maximum absolute atomic E-state index is 11.8. The van der Waals surface area contributed by atoms with Crippen LogP contribution in [0.4, 0.5) is 18.9 Å². The van der Waals surface area contributed by atoms with Gasteiger partial charge < -0.3 is 15.8 Å². The molecule has 7 heteroatoms. The van der Waals surface area contributed by atoms with Crippen molar-refractivity contribution in [2.45, 2.75) is 6.36 Å². The van der Waals surface area contributed by atoms with Gasteiger partial charge in [-0.25, -0.2) is 0 Å². The summed E-state index contributed by atoms with van der Waals surface area (Å²) < 4.78 is 39.1. The van der Waals surface area contributed by atoms with Gasteiger partial charge in [0, 0.05) is 5.69 Å². The molecule has 0 fully saturated rings. The lowest BCUT2D eigenvalue weighted by Gasteiger charge is -2.09. The van der Waals surface area contributed by atoms with Gasteiger partial charge in [-0.2, -0.15) is 0 Å². The third-order valence-electron chi connectivity index (χ3n) is 1.55. The number of alkyl halides is 3. The van der Waals surface area contributed by atoms with E-state index >= 15 is 0 Å². The van der Waals surface area contributed by atoms with Crippen molar-refractivity contribution in [2.24, 2.45) is 5.73 Å². The molecule has 0 saturated carbocycles. The number of nitrogens with two attached hydrogens (primary N) is 1. The van der Waals surface area contributed by atoms with Gasteiger partial charge in [0.25, 0.3) is 0 Å². The lowest BCUT2D eigenvalue weighted by atomic mass is 10.3. The molecule has 1 amide bonds. The Morgan fingerprint density at radius 2 is 1.88 bits per heavy atom. The summed E-state index contributed by atoms with van der Waals surface area (Å²) in [6, 6.07) is 4.97. The van der Waals surface area contributed by atoms with Gasteiger partial charge in [0.1, 0.15) is 5.75 Å². The van der Waals surface area contributed by atoms with Gasteiger partial charge in [-0.15, -0.1) is 13.2 Å². The molecule has 0 aliphatic rings. The largest absolute Gasteiger partial charge is 0.573 e. The van der Waals surface area contributed by atoms with Crippen LogP contribution in [0.2, 0.25) is 0 Å². The number of rotatable bonds is 4. The minimum absolute atomic E-state index is 0.0839. The summed E-state index contributed by atoms with van der Waals surface area (Å²) in [7, 11) is 0.